The van der Waals surface area contributed by atoms with Crippen molar-refractivity contribution < 1.29 is 44.2 Å². The van der Waals surface area contributed by atoms with E-state index in [0.29, 0.717) is 13.0 Å². The van der Waals surface area contributed by atoms with Gasteiger partial charge in [0.15, 0.2) is 6.29 Å². The van der Waals surface area contributed by atoms with Crippen LogP contribution in [-0.2, 0) is 23.7 Å². The van der Waals surface area contributed by atoms with E-state index in [4.69, 9.17) is 18.9 Å². The van der Waals surface area contributed by atoms with Gasteiger partial charge in [-0.15, -0.1) is 0 Å². The normalized spacial score (nSPS) is 19.7. The summed E-state index contributed by atoms with van der Waals surface area (Å²) in [6.45, 7) is 4.61. The molecule has 0 aromatic rings. The molecule has 0 aromatic carbocycles. The quantitative estimate of drug-likeness (QED) is 0.0268. The Bertz CT molecular complexity index is 961. The molecule has 1 fully saturated rings. The van der Waals surface area contributed by atoms with Crippen LogP contribution in [0.15, 0.2) is 12.2 Å². The molecular formula is C53H102O9. The monoisotopic (exact) mass is 883 g/mol. The lowest BCUT2D eigenvalue weighted by molar-refractivity contribution is -0.305. The van der Waals surface area contributed by atoms with Crippen molar-refractivity contribution in [2.24, 2.45) is 0 Å². The van der Waals surface area contributed by atoms with Crippen LogP contribution >= 0.6 is 0 Å². The molecular weight excluding hydrogens is 781 g/mol. The lowest BCUT2D eigenvalue weighted by atomic mass is 9.99. The first-order valence-corrected chi connectivity index (χ1v) is 26.8. The van der Waals surface area contributed by atoms with Crippen LogP contribution in [0.2, 0.25) is 0 Å². The average Bonchev–Trinajstić information content (AvgIpc) is 3.27. The second kappa shape index (κ2) is 45.1. The molecule has 0 aliphatic carbocycles. The first-order valence-electron chi connectivity index (χ1n) is 26.8. The minimum atomic E-state index is -1.53. The van der Waals surface area contributed by atoms with Gasteiger partial charge in [-0.2, -0.15) is 0 Å². The molecule has 1 heterocycles. The molecule has 368 valence electrons. The molecule has 0 bridgehead atoms. The van der Waals surface area contributed by atoms with Gasteiger partial charge in [-0.25, -0.2) is 0 Å². The van der Waals surface area contributed by atoms with E-state index in [1.165, 1.54) is 205 Å². The highest BCUT2D eigenvalue weighted by Gasteiger charge is 2.44. The Labute approximate surface area is 382 Å². The highest BCUT2D eigenvalue weighted by Crippen LogP contribution is 2.23. The Balaban J connectivity index is 2.14. The maximum atomic E-state index is 12.8. The number of aliphatic hydroxyl groups is 4. The molecule has 0 aromatic heterocycles. The molecule has 4 N–H and O–H groups in total. The van der Waals surface area contributed by atoms with E-state index in [1.54, 1.807) is 0 Å². The second-order valence-corrected chi connectivity index (χ2v) is 18.7. The van der Waals surface area contributed by atoms with E-state index < -0.39 is 43.4 Å². The third-order valence-corrected chi connectivity index (χ3v) is 12.7. The highest BCUT2D eigenvalue weighted by atomic mass is 16.7. The number of rotatable bonds is 47. The summed E-state index contributed by atoms with van der Waals surface area (Å²) < 4.78 is 22.9. The van der Waals surface area contributed by atoms with Gasteiger partial charge in [0, 0.05) is 13.0 Å². The number of hydrogen-bond acceptors (Lipinski definition) is 9. The number of ether oxygens (including phenoxy) is 4. The molecule has 0 radical (unpaired) electrons. The molecule has 9 heteroatoms. The summed E-state index contributed by atoms with van der Waals surface area (Å²) in [5.74, 6) is -0.307. The number of esters is 1. The molecule has 6 atom stereocenters. The van der Waals surface area contributed by atoms with Crippen molar-refractivity contribution in [1.29, 1.82) is 0 Å². The molecule has 9 nitrogen and oxygen atoms in total. The zero-order valence-electron chi connectivity index (χ0n) is 40.6. The van der Waals surface area contributed by atoms with Gasteiger partial charge in [0.25, 0.3) is 0 Å². The number of carbonyl (C=O) groups excluding carboxylic acids is 1. The Morgan fingerprint density at radius 1 is 0.500 bits per heavy atom. The molecule has 0 spiro atoms. The van der Waals surface area contributed by atoms with Crippen LogP contribution in [0.4, 0.5) is 0 Å². The zero-order chi connectivity index (χ0) is 45.0. The molecule has 0 saturated carbocycles. The lowest BCUT2D eigenvalue weighted by Crippen LogP contribution is -2.59. The van der Waals surface area contributed by atoms with Crippen LogP contribution in [-0.4, -0.2) is 89.6 Å². The predicted molar refractivity (Wildman–Crippen MR) is 256 cm³/mol. The smallest absolute Gasteiger partial charge is 0.306 e. The van der Waals surface area contributed by atoms with E-state index in [0.717, 1.165) is 32.1 Å². The summed E-state index contributed by atoms with van der Waals surface area (Å²) in [5.41, 5.74) is 0. The third-order valence-electron chi connectivity index (χ3n) is 12.7. The zero-order valence-corrected chi connectivity index (χ0v) is 40.6. The van der Waals surface area contributed by atoms with Gasteiger partial charge in [0.1, 0.15) is 30.5 Å². The van der Waals surface area contributed by atoms with Gasteiger partial charge < -0.3 is 39.4 Å². The Morgan fingerprint density at radius 2 is 0.887 bits per heavy atom. The first kappa shape index (κ1) is 58.9. The summed E-state index contributed by atoms with van der Waals surface area (Å²) in [4.78, 5) is 12.8. The molecule has 1 aliphatic rings. The van der Waals surface area contributed by atoms with E-state index in [9.17, 15) is 25.2 Å². The number of carbonyl (C=O) groups is 1. The van der Waals surface area contributed by atoms with Crippen LogP contribution in [0, 0.1) is 0 Å². The second-order valence-electron chi connectivity index (χ2n) is 18.7. The van der Waals surface area contributed by atoms with E-state index in [2.05, 4.69) is 26.0 Å². The minimum Gasteiger partial charge on any atom is -0.457 e. The highest BCUT2D eigenvalue weighted by molar-refractivity contribution is 5.69. The lowest BCUT2D eigenvalue weighted by Gasteiger charge is -2.39. The Kier molecular flexibility index (Phi) is 42.9. The molecule has 0 amide bonds. The number of aliphatic hydroxyl groups excluding tert-OH is 4. The van der Waals surface area contributed by atoms with Gasteiger partial charge >= 0.3 is 5.97 Å². The number of allylic oxidation sites excluding steroid dienone is 2. The van der Waals surface area contributed by atoms with Crippen molar-refractivity contribution in [3.63, 3.8) is 0 Å². The maximum Gasteiger partial charge on any atom is 0.306 e. The van der Waals surface area contributed by atoms with Crippen molar-refractivity contribution in [2.75, 3.05) is 26.4 Å². The van der Waals surface area contributed by atoms with Crippen molar-refractivity contribution in [3.8, 4) is 0 Å². The molecule has 1 rings (SSSR count). The fraction of sp³-hybridized carbons (Fsp3) is 0.943. The van der Waals surface area contributed by atoms with Gasteiger partial charge in [-0.3, -0.25) is 4.79 Å². The van der Waals surface area contributed by atoms with Crippen molar-refractivity contribution in [3.05, 3.63) is 12.2 Å². The van der Waals surface area contributed by atoms with Gasteiger partial charge in [0.2, 0.25) is 0 Å². The first-order chi connectivity index (χ1) is 30.4. The van der Waals surface area contributed by atoms with Crippen LogP contribution in [0.25, 0.3) is 0 Å². The Morgan fingerprint density at radius 3 is 1.31 bits per heavy atom. The van der Waals surface area contributed by atoms with Crippen LogP contribution in [0.3, 0.4) is 0 Å². The average molecular weight is 883 g/mol. The number of hydrogen-bond donors (Lipinski definition) is 4. The van der Waals surface area contributed by atoms with Crippen LogP contribution in [0.1, 0.15) is 258 Å². The summed E-state index contributed by atoms with van der Waals surface area (Å²) in [7, 11) is 0. The van der Waals surface area contributed by atoms with Crippen molar-refractivity contribution in [1.82, 2.24) is 0 Å². The van der Waals surface area contributed by atoms with Gasteiger partial charge in [-0.05, 0) is 38.5 Å². The largest absolute Gasteiger partial charge is 0.457 e. The van der Waals surface area contributed by atoms with Crippen molar-refractivity contribution in [2.45, 2.75) is 295 Å². The van der Waals surface area contributed by atoms with E-state index in [-0.39, 0.29) is 19.2 Å². The molecule has 62 heavy (non-hydrogen) atoms. The van der Waals surface area contributed by atoms with Crippen LogP contribution < -0.4 is 0 Å². The molecule has 1 saturated heterocycles. The molecule has 6 unspecified atom stereocenters. The predicted octanol–water partition coefficient (Wildman–Crippen LogP) is 13.2. The third kappa shape index (κ3) is 35.2. The van der Waals surface area contributed by atoms with Crippen molar-refractivity contribution >= 4 is 5.97 Å². The summed E-state index contributed by atoms with van der Waals surface area (Å²) in [6, 6.07) is 0. The minimum absolute atomic E-state index is 0.107. The summed E-state index contributed by atoms with van der Waals surface area (Å²) in [5, 5.41) is 40.2. The fourth-order valence-corrected chi connectivity index (χ4v) is 8.49. The standard InChI is InChI=1S/C53H102O9/c1-3-5-7-9-11-13-15-17-19-20-21-22-23-24-25-26-27-28-29-30-32-34-36-38-40-42-49(55)61-47(46-60-53-52(58)51(57)50(56)48(44-54)62-53)45-59-43-41-39-37-35-33-31-18-16-14-12-10-8-6-4-2/h20-21,47-48,50-54,56-58H,3-19,22-46H2,1-2H3/b21-20-. The maximum absolute atomic E-state index is 12.8. The Hall–Kier alpha value is -1.07. The van der Waals surface area contributed by atoms with Gasteiger partial charge in [0.05, 0.1) is 19.8 Å². The number of unbranched alkanes of at least 4 members (excludes halogenated alkanes) is 34. The van der Waals surface area contributed by atoms with Gasteiger partial charge in [-0.1, -0.05) is 225 Å². The summed E-state index contributed by atoms with van der Waals surface area (Å²) in [6.07, 6.45) is 45.4. The van der Waals surface area contributed by atoms with E-state index in [1.807, 2.05) is 0 Å². The fourth-order valence-electron chi connectivity index (χ4n) is 8.49. The topological polar surface area (TPSA) is 135 Å². The molecule has 1 aliphatic heterocycles. The van der Waals surface area contributed by atoms with E-state index >= 15 is 0 Å². The summed E-state index contributed by atoms with van der Waals surface area (Å²) >= 11 is 0. The van der Waals surface area contributed by atoms with Crippen LogP contribution in [0.5, 0.6) is 0 Å². The SMILES string of the molecule is CCCCCCCCCC/C=C\CCCCCCCCCCCCCCCC(=O)OC(COCCCCCCCCCCCCCCCC)COC1OC(CO)C(O)C(O)C1O.